The van der Waals surface area contributed by atoms with Gasteiger partial charge in [0.2, 0.25) is 10.0 Å². The number of anilines is 1. The van der Waals surface area contributed by atoms with Gasteiger partial charge in [-0.1, -0.05) is 12.1 Å². The number of benzene rings is 2. The number of piperazine rings is 1. The number of carbonyl (C=O) groups excluding carboxylic acids is 1. The lowest BCUT2D eigenvalue weighted by Gasteiger charge is -2.35. The van der Waals surface area contributed by atoms with Gasteiger partial charge in [-0.05, 0) is 36.8 Å². The Morgan fingerprint density at radius 3 is 2.42 bits per heavy atom. The molecule has 1 heterocycles. The Morgan fingerprint density at radius 1 is 1.03 bits per heavy atom. The maximum atomic E-state index is 12.7. The van der Waals surface area contributed by atoms with Gasteiger partial charge in [0.05, 0.1) is 25.5 Å². The van der Waals surface area contributed by atoms with E-state index < -0.39 is 10.0 Å². The smallest absolute Gasteiger partial charge is 0.255 e. The number of hydrogen-bond acceptors (Lipinski definition) is 6. The number of amides is 1. The van der Waals surface area contributed by atoms with Crippen LogP contribution in [0.1, 0.15) is 15.9 Å². The molecule has 2 aromatic rings. The fourth-order valence-electron chi connectivity index (χ4n) is 3.55. The van der Waals surface area contributed by atoms with E-state index in [-0.39, 0.29) is 18.2 Å². The third-order valence-corrected chi connectivity index (χ3v) is 7.17. The number of ether oxygens (including phenoxy) is 2. The summed E-state index contributed by atoms with van der Waals surface area (Å²) >= 11 is 0. The Hall–Kier alpha value is -2.78. The van der Waals surface area contributed by atoms with Crippen molar-refractivity contribution in [3.63, 3.8) is 0 Å². The molecule has 1 amide bonds. The Bertz CT molecular complexity index is 1020. The van der Waals surface area contributed by atoms with E-state index in [1.54, 1.807) is 18.2 Å². The van der Waals surface area contributed by atoms with Crippen molar-refractivity contribution in [3.05, 3.63) is 53.6 Å². The Balaban J connectivity index is 1.52. The fraction of sp³-hybridized carbons (Fsp3) is 0.409. The van der Waals surface area contributed by atoms with Crippen molar-refractivity contribution in [1.29, 1.82) is 0 Å². The van der Waals surface area contributed by atoms with Crippen LogP contribution in [0.15, 0.2) is 42.5 Å². The van der Waals surface area contributed by atoms with Crippen molar-refractivity contribution in [2.24, 2.45) is 0 Å². The molecule has 1 N–H and O–H groups in total. The quantitative estimate of drug-likeness (QED) is 0.665. The molecule has 0 radical (unpaired) electrons. The van der Waals surface area contributed by atoms with Crippen molar-refractivity contribution < 1.29 is 22.7 Å². The van der Waals surface area contributed by atoms with Gasteiger partial charge < -0.3 is 19.7 Å². The molecule has 2 aromatic carbocycles. The maximum absolute atomic E-state index is 12.7. The van der Waals surface area contributed by atoms with E-state index in [0.29, 0.717) is 43.2 Å². The molecule has 0 unspecified atom stereocenters. The molecule has 1 saturated heterocycles. The molecule has 1 fully saturated rings. The van der Waals surface area contributed by atoms with Gasteiger partial charge >= 0.3 is 0 Å². The van der Waals surface area contributed by atoms with Gasteiger partial charge in [0.1, 0.15) is 11.5 Å². The normalized spacial score (nSPS) is 14.9. The summed E-state index contributed by atoms with van der Waals surface area (Å²) in [6.07, 6.45) is 0. The van der Waals surface area contributed by atoms with Gasteiger partial charge in [0.15, 0.2) is 0 Å². The van der Waals surface area contributed by atoms with E-state index >= 15 is 0 Å². The molecular weight excluding hydrogens is 418 g/mol. The standard InChI is InChI=1S/C22H29N3O5S/c1-17-5-4-6-18(15-17)24-10-12-25(13-11-24)31(27,28)14-9-23-22(26)20-8-7-19(29-2)16-21(20)30-3/h4-8,15-16H,9-14H2,1-3H3,(H,23,26). The van der Waals surface area contributed by atoms with Crippen LogP contribution < -0.4 is 19.7 Å². The molecule has 1 aliphatic rings. The average molecular weight is 448 g/mol. The zero-order chi connectivity index (χ0) is 22.4. The number of rotatable bonds is 8. The van der Waals surface area contributed by atoms with Crippen LogP contribution in [0.5, 0.6) is 11.5 Å². The molecule has 0 aliphatic carbocycles. The van der Waals surface area contributed by atoms with Crippen LogP contribution >= 0.6 is 0 Å². The Morgan fingerprint density at radius 2 is 1.77 bits per heavy atom. The maximum Gasteiger partial charge on any atom is 0.255 e. The number of nitrogens with one attached hydrogen (secondary N) is 1. The van der Waals surface area contributed by atoms with Crippen LogP contribution in [-0.4, -0.2) is 71.3 Å². The van der Waals surface area contributed by atoms with Crippen molar-refractivity contribution in [2.45, 2.75) is 6.92 Å². The summed E-state index contributed by atoms with van der Waals surface area (Å²) in [5.74, 6) is 0.397. The van der Waals surface area contributed by atoms with E-state index in [2.05, 4.69) is 16.3 Å². The SMILES string of the molecule is COc1ccc(C(=O)NCCS(=O)(=O)N2CCN(c3cccc(C)c3)CC2)c(OC)c1. The van der Waals surface area contributed by atoms with Crippen LogP contribution in [0.4, 0.5) is 5.69 Å². The minimum Gasteiger partial charge on any atom is -0.497 e. The summed E-state index contributed by atoms with van der Waals surface area (Å²) < 4.78 is 37.3. The second-order valence-electron chi connectivity index (χ2n) is 7.36. The summed E-state index contributed by atoms with van der Waals surface area (Å²) in [6, 6.07) is 13.1. The topological polar surface area (TPSA) is 88.2 Å². The van der Waals surface area contributed by atoms with Crippen molar-refractivity contribution >= 4 is 21.6 Å². The van der Waals surface area contributed by atoms with Gasteiger partial charge in [0.25, 0.3) is 5.91 Å². The number of aryl methyl sites for hydroxylation is 1. The fourth-order valence-corrected chi connectivity index (χ4v) is 4.89. The molecule has 9 heteroatoms. The summed E-state index contributed by atoms with van der Waals surface area (Å²) in [5, 5.41) is 2.67. The van der Waals surface area contributed by atoms with Crippen LogP contribution in [0.2, 0.25) is 0 Å². The lowest BCUT2D eigenvalue weighted by Crippen LogP contribution is -2.50. The number of sulfonamides is 1. The van der Waals surface area contributed by atoms with Gasteiger partial charge in [-0.25, -0.2) is 8.42 Å². The van der Waals surface area contributed by atoms with Gasteiger partial charge in [-0.15, -0.1) is 0 Å². The third-order valence-electron chi connectivity index (χ3n) is 5.30. The molecule has 168 valence electrons. The first-order valence-corrected chi connectivity index (χ1v) is 11.7. The van der Waals surface area contributed by atoms with Crippen molar-refractivity contribution in [2.75, 3.05) is 57.6 Å². The zero-order valence-electron chi connectivity index (χ0n) is 18.1. The first-order valence-electron chi connectivity index (χ1n) is 10.1. The van der Waals surface area contributed by atoms with Gasteiger partial charge in [-0.3, -0.25) is 4.79 Å². The molecule has 0 atom stereocenters. The lowest BCUT2D eigenvalue weighted by atomic mass is 10.2. The summed E-state index contributed by atoms with van der Waals surface area (Å²) in [6.45, 7) is 4.19. The van der Waals surface area contributed by atoms with Crippen LogP contribution in [-0.2, 0) is 10.0 Å². The number of methoxy groups -OCH3 is 2. The summed E-state index contributed by atoms with van der Waals surface area (Å²) in [7, 11) is -0.468. The van der Waals surface area contributed by atoms with E-state index in [1.807, 2.05) is 25.1 Å². The largest absolute Gasteiger partial charge is 0.497 e. The molecule has 1 aliphatic heterocycles. The monoisotopic (exact) mass is 447 g/mol. The van der Waals surface area contributed by atoms with Crippen LogP contribution in [0, 0.1) is 6.92 Å². The first-order chi connectivity index (χ1) is 14.8. The highest BCUT2D eigenvalue weighted by Crippen LogP contribution is 2.24. The predicted molar refractivity (Wildman–Crippen MR) is 121 cm³/mol. The molecular formula is C22H29N3O5S. The number of carbonyl (C=O) groups is 1. The zero-order valence-corrected chi connectivity index (χ0v) is 18.9. The highest BCUT2D eigenvalue weighted by molar-refractivity contribution is 7.89. The Kier molecular flexibility index (Phi) is 7.40. The lowest BCUT2D eigenvalue weighted by molar-refractivity contribution is 0.0953. The van der Waals surface area contributed by atoms with E-state index in [9.17, 15) is 13.2 Å². The molecule has 0 aromatic heterocycles. The molecule has 31 heavy (non-hydrogen) atoms. The predicted octanol–water partition coefficient (Wildman–Crippen LogP) is 1.89. The first kappa shape index (κ1) is 22.9. The second kappa shape index (κ2) is 10.0. The van der Waals surface area contributed by atoms with Crippen molar-refractivity contribution in [3.8, 4) is 11.5 Å². The van der Waals surface area contributed by atoms with Crippen LogP contribution in [0.3, 0.4) is 0 Å². The summed E-state index contributed by atoms with van der Waals surface area (Å²) in [4.78, 5) is 14.7. The minimum absolute atomic E-state index is 0.0223. The number of hydrogen-bond donors (Lipinski definition) is 1. The molecule has 0 spiro atoms. The second-order valence-corrected chi connectivity index (χ2v) is 9.45. The molecule has 8 nitrogen and oxygen atoms in total. The van der Waals surface area contributed by atoms with Crippen LogP contribution in [0.25, 0.3) is 0 Å². The molecule has 0 bridgehead atoms. The van der Waals surface area contributed by atoms with E-state index in [0.717, 1.165) is 5.69 Å². The Labute approximate surface area is 183 Å². The highest BCUT2D eigenvalue weighted by atomic mass is 32.2. The van der Waals surface area contributed by atoms with E-state index in [1.165, 1.54) is 24.1 Å². The minimum atomic E-state index is -3.46. The number of nitrogens with zero attached hydrogens (tertiary/aromatic N) is 2. The van der Waals surface area contributed by atoms with Crippen molar-refractivity contribution in [1.82, 2.24) is 9.62 Å². The summed E-state index contributed by atoms with van der Waals surface area (Å²) in [5.41, 5.74) is 2.61. The molecule has 3 rings (SSSR count). The van der Waals surface area contributed by atoms with Gasteiger partial charge in [0, 0.05) is 44.5 Å². The highest BCUT2D eigenvalue weighted by Gasteiger charge is 2.27. The molecule has 0 saturated carbocycles. The van der Waals surface area contributed by atoms with Gasteiger partial charge in [-0.2, -0.15) is 4.31 Å². The third kappa shape index (κ3) is 5.68. The van der Waals surface area contributed by atoms with E-state index in [4.69, 9.17) is 9.47 Å². The average Bonchev–Trinajstić information content (AvgIpc) is 2.78.